The number of carbonyl (C=O) groups excluding carboxylic acids is 2. The Morgan fingerprint density at radius 2 is 1.95 bits per heavy atom. The molecule has 0 heterocycles. The first kappa shape index (κ1) is 16.8. The number of ether oxygens (including phenoxy) is 2. The minimum Gasteiger partial charge on any atom is -0.469 e. The highest BCUT2D eigenvalue weighted by atomic mass is 16.5. The SMILES string of the molecule is C=C1C=C[C@@H]2[C@](C)(CCC[C@]2(C)C(=O)OC)[C@H]1CC(=O)OC. The Morgan fingerprint density at radius 3 is 2.55 bits per heavy atom. The molecule has 0 aromatic carbocycles. The van der Waals surface area contributed by atoms with Gasteiger partial charge in [0.05, 0.1) is 26.1 Å². The van der Waals surface area contributed by atoms with Crippen molar-refractivity contribution in [2.45, 2.75) is 39.5 Å². The van der Waals surface area contributed by atoms with E-state index in [1.807, 2.05) is 13.0 Å². The van der Waals surface area contributed by atoms with E-state index in [0.29, 0.717) is 6.42 Å². The number of hydrogen-bond donors (Lipinski definition) is 0. The maximum absolute atomic E-state index is 12.4. The van der Waals surface area contributed by atoms with Crippen molar-refractivity contribution in [1.82, 2.24) is 0 Å². The molecule has 0 amide bonds. The van der Waals surface area contributed by atoms with Gasteiger partial charge in [0.15, 0.2) is 0 Å². The Hall–Kier alpha value is -1.58. The van der Waals surface area contributed by atoms with Gasteiger partial charge in [-0.3, -0.25) is 9.59 Å². The van der Waals surface area contributed by atoms with Crippen LogP contribution in [0.3, 0.4) is 0 Å². The Morgan fingerprint density at radius 1 is 1.27 bits per heavy atom. The monoisotopic (exact) mass is 306 g/mol. The van der Waals surface area contributed by atoms with Crippen molar-refractivity contribution in [2.24, 2.45) is 22.7 Å². The quantitative estimate of drug-likeness (QED) is 0.751. The van der Waals surface area contributed by atoms with Crippen molar-refractivity contribution in [2.75, 3.05) is 14.2 Å². The largest absolute Gasteiger partial charge is 0.469 e. The lowest BCUT2D eigenvalue weighted by atomic mass is 9.48. The zero-order valence-electron chi connectivity index (χ0n) is 14.0. The summed E-state index contributed by atoms with van der Waals surface area (Å²) in [5, 5.41) is 0. The number of allylic oxidation sites excluding steroid dienone is 3. The van der Waals surface area contributed by atoms with Crippen molar-refractivity contribution < 1.29 is 19.1 Å². The van der Waals surface area contributed by atoms with Crippen LogP contribution in [0.4, 0.5) is 0 Å². The predicted molar refractivity (Wildman–Crippen MR) is 84.0 cm³/mol. The summed E-state index contributed by atoms with van der Waals surface area (Å²) in [6.45, 7) is 8.27. The van der Waals surface area contributed by atoms with Gasteiger partial charge in [-0.05, 0) is 37.0 Å². The molecule has 2 rings (SSSR count). The summed E-state index contributed by atoms with van der Waals surface area (Å²) >= 11 is 0. The second-order valence-corrected chi connectivity index (χ2v) is 7.01. The van der Waals surface area contributed by atoms with Gasteiger partial charge in [-0.2, -0.15) is 0 Å². The highest BCUT2D eigenvalue weighted by Gasteiger charge is 2.56. The summed E-state index contributed by atoms with van der Waals surface area (Å²) < 4.78 is 9.92. The van der Waals surface area contributed by atoms with Crippen LogP contribution < -0.4 is 0 Å². The molecule has 0 aromatic rings. The average molecular weight is 306 g/mol. The van der Waals surface area contributed by atoms with E-state index in [2.05, 4.69) is 19.6 Å². The van der Waals surface area contributed by atoms with E-state index >= 15 is 0 Å². The highest BCUT2D eigenvalue weighted by molar-refractivity contribution is 5.78. The molecule has 4 atom stereocenters. The number of methoxy groups -OCH3 is 2. The maximum atomic E-state index is 12.4. The van der Waals surface area contributed by atoms with E-state index in [0.717, 1.165) is 24.8 Å². The van der Waals surface area contributed by atoms with Crippen molar-refractivity contribution >= 4 is 11.9 Å². The molecule has 4 heteroatoms. The molecule has 0 aromatic heterocycles. The Labute approximate surface area is 132 Å². The first-order valence-electron chi connectivity index (χ1n) is 7.82. The summed E-state index contributed by atoms with van der Waals surface area (Å²) in [6, 6.07) is 0. The third-order valence-electron chi connectivity index (χ3n) is 5.81. The molecule has 22 heavy (non-hydrogen) atoms. The number of hydrogen-bond acceptors (Lipinski definition) is 4. The third-order valence-corrected chi connectivity index (χ3v) is 5.81. The molecule has 0 bridgehead atoms. The van der Waals surface area contributed by atoms with E-state index < -0.39 is 5.41 Å². The second-order valence-electron chi connectivity index (χ2n) is 7.01. The molecule has 0 N–H and O–H groups in total. The summed E-state index contributed by atoms with van der Waals surface area (Å²) in [4.78, 5) is 24.2. The zero-order chi connectivity index (χ0) is 16.5. The molecule has 122 valence electrons. The van der Waals surface area contributed by atoms with E-state index in [1.165, 1.54) is 14.2 Å². The molecule has 0 radical (unpaired) electrons. The van der Waals surface area contributed by atoms with Crippen molar-refractivity contribution in [3.8, 4) is 0 Å². The average Bonchev–Trinajstić information content (AvgIpc) is 2.49. The summed E-state index contributed by atoms with van der Waals surface area (Å²) in [5.41, 5.74) is 0.215. The molecular formula is C18H26O4. The fourth-order valence-electron chi connectivity index (χ4n) is 4.53. The lowest BCUT2D eigenvalue weighted by Crippen LogP contribution is -2.52. The molecule has 0 spiro atoms. The van der Waals surface area contributed by atoms with Gasteiger partial charge in [-0.1, -0.05) is 37.6 Å². The standard InChI is InChI=1S/C18H26O4/c1-12-7-8-14-17(2,13(12)11-15(19)21-4)9-6-10-18(14,3)16(20)22-5/h7-8,13-14H,1,6,9-11H2,2-5H3/t13-,14+,17+,18-/m0/s1. The Bertz CT molecular complexity index is 521. The van der Waals surface area contributed by atoms with Gasteiger partial charge in [0, 0.05) is 0 Å². The number of carbonyl (C=O) groups is 2. The van der Waals surface area contributed by atoms with Crippen molar-refractivity contribution in [3.63, 3.8) is 0 Å². The van der Waals surface area contributed by atoms with Crippen LogP contribution in [-0.4, -0.2) is 26.2 Å². The van der Waals surface area contributed by atoms with Gasteiger partial charge in [0.2, 0.25) is 0 Å². The Kier molecular flexibility index (Phi) is 4.50. The van der Waals surface area contributed by atoms with Crippen LogP contribution in [0.1, 0.15) is 39.5 Å². The molecule has 0 aliphatic heterocycles. The van der Waals surface area contributed by atoms with Crippen molar-refractivity contribution in [3.05, 3.63) is 24.3 Å². The van der Waals surface area contributed by atoms with Crippen LogP contribution in [0.2, 0.25) is 0 Å². The van der Waals surface area contributed by atoms with Crippen molar-refractivity contribution in [1.29, 1.82) is 0 Å². The summed E-state index contributed by atoms with van der Waals surface area (Å²) in [5.74, 6) is -0.357. The molecular weight excluding hydrogens is 280 g/mol. The van der Waals surface area contributed by atoms with Gasteiger partial charge in [0.25, 0.3) is 0 Å². The minimum absolute atomic E-state index is 0.000712. The fourth-order valence-corrected chi connectivity index (χ4v) is 4.53. The molecule has 0 unspecified atom stereocenters. The van der Waals surface area contributed by atoms with Gasteiger partial charge in [-0.25, -0.2) is 0 Å². The van der Waals surface area contributed by atoms with E-state index in [4.69, 9.17) is 9.47 Å². The molecule has 0 saturated heterocycles. The number of esters is 2. The lowest BCUT2D eigenvalue weighted by molar-refractivity contribution is -0.163. The summed E-state index contributed by atoms with van der Waals surface area (Å²) in [7, 11) is 2.85. The normalized spacial score (nSPS) is 37.4. The van der Waals surface area contributed by atoms with E-state index in [1.54, 1.807) is 0 Å². The van der Waals surface area contributed by atoms with Gasteiger partial charge >= 0.3 is 11.9 Å². The van der Waals surface area contributed by atoms with Crippen LogP contribution in [0.15, 0.2) is 24.3 Å². The van der Waals surface area contributed by atoms with Crippen LogP contribution in [0.5, 0.6) is 0 Å². The first-order valence-corrected chi connectivity index (χ1v) is 7.82. The topological polar surface area (TPSA) is 52.6 Å². The molecule has 1 saturated carbocycles. The maximum Gasteiger partial charge on any atom is 0.312 e. The van der Waals surface area contributed by atoms with Crippen LogP contribution in [0, 0.1) is 22.7 Å². The van der Waals surface area contributed by atoms with Gasteiger partial charge in [0.1, 0.15) is 0 Å². The number of fused-ring (bicyclic) bond motifs is 1. The smallest absolute Gasteiger partial charge is 0.312 e. The minimum atomic E-state index is -0.548. The van der Waals surface area contributed by atoms with Crippen LogP contribution in [0.25, 0.3) is 0 Å². The van der Waals surface area contributed by atoms with E-state index in [9.17, 15) is 9.59 Å². The van der Waals surface area contributed by atoms with Gasteiger partial charge < -0.3 is 9.47 Å². The van der Waals surface area contributed by atoms with Crippen LogP contribution >= 0.6 is 0 Å². The zero-order valence-corrected chi connectivity index (χ0v) is 14.0. The Balaban J connectivity index is 2.43. The molecule has 2 aliphatic carbocycles. The third kappa shape index (κ3) is 2.49. The predicted octanol–water partition coefficient (Wildman–Crippen LogP) is 3.28. The van der Waals surface area contributed by atoms with Gasteiger partial charge in [-0.15, -0.1) is 0 Å². The lowest BCUT2D eigenvalue weighted by Gasteiger charge is -2.55. The summed E-state index contributed by atoms with van der Waals surface area (Å²) in [6.07, 6.45) is 7.08. The molecule has 1 fully saturated rings. The second kappa shape index (κ2) is 5.90. The fraction of sp³-hybridized carbons (Fsp3) is 0.667. The van der Waals surface area contributed by atoms with Crippen LogP contribution in [-0.2, 0) is 19.1 Å². The highest BCUT2D eigenvalue weighted by Crippen LogP contribution is 2.59. The number of rotatable bonds is 3. The molecule has 4 nitrogen and oxygen atoms in total. The first-order chi connectivity index (χ1) is 10.3. The molecule has 2 aliphatic rings. The van der Waals surface area contributed by atoms with E-state index in [-0.39, 0.29) is 29.2 Å².